The van der Waals surface area contributed by atoms with Gasteiger partial charge in [-0.15, -0.1) is 0 Å². The van der Waals surface area contributed by atoms with Crippen LogP contribution in [0.1, 0.15) is 19.8 Å². The number of nitrogens with zero attached hydrogens (tertiary/aromatic N) is 1. The van der Waals surface area contributed by atoms with E-state index in [1.165, 1.54) is 16.4 Å². The number of morpholine rings is 1. The summed E-state index contributed by atoms with van der Waals surface area (Å²) >= 11 is 0. The predicted molar refractivity (Wildman–Crippen MR) is 88.2 cm³/mol. The minimum Gasteiger partial charge on any atom is -0.378 e. The van der Waals surface area contributed by atoms with Gasteiger partial charge in [0.15, 0.2) is 0 Å². The van der Waals surface area contributed by atoms with Crippen molar-refractivity contribution in [2.75, 3.05) is 31.7 Å². The molecule has 0 radical (unpaired) electrons. The zero-order chi connectivity index (χ0) is 17.2. The normalized spacial score (nSPS) is 25.5. The fourth-order valence-corrected chi connectivity index (χ4v) is 4.52. The highest BCUT2D eigenvalue weighted by atomic mass is 32.2. The SMILES string of the molecule is CC1COCCN1S(=O)(=O)c1ccc(NC(=O)C2CCCO2)cc1. The fraction of sp³-hybridized carbons (Fsp3) is 0.562. The summed E-state index contributed by atoms with van der Waals surface area (Å²) in [5, 5.41) is 2.76. The topological polar surface area (TPSA) is 84.9 Å². The van der Waals surface area contributed by atoms with E-state index in [1.54, 1.807) is 12.1 Å². The first-order valence-electron chi connectivity index (χ1n) is 8.10. The molecule has 0 aliphatic carbocycles. The zero-order valence-corrected chi connectivity index (χ0v) is 14.4. The van der Waals surface area contributed by atoms with E-state index in [-0.39, 0.29) is 16.8 Å². The summed E-state index contributed by atoms with van der Waals surface area (Å²) in [6.45, 7) is 3.58. The molecule has 2 atom stereocenters. The third-order valence-electron chi connectivity index (χ3n) is 4.26. The number of rotatable bonds is 4. The third-order valence-corrected chi connectivity index (χ3v) is 6.29. The van der Waals surface area contributed by atoms with Gasteiger partial charge < -0.3 is 14.8 Å². The molecule has 24 heavy (non-hydrogen) atoms. The van der Waals surface area contributed by atoms with Crippen LogP contribution in [0.25, 0.3) is 0 Å². The average molecular weight is 354 g/mol. The average Bonchev–Trinajstić information content (AvgIpc) is 3.10. The van der Waals surface area contributed by atoms with Crippen molar-refractivity contribution in [2.24, 2.45) is 0 Å². The Morgan fingerprint density at radius 1 is 1.25 bits per heavy atom. The number of carbonyl (C=O) groups is 1. The molecule has 1 aromatic rings. The largest absolute Gasteiger partial charge is 0.378 e. The second-order valence-electron chi connectivity index (χ2n) is 6.05. The second-order valence-corrected chi connectivity index (χ2v) is 7.95. The highest BCUT2D eigenvalue weighted by molar-refractivity contribution is 7.89. The molecule has 2 fully saturated rings. The Morgan fingerprint density at radius 3 is 2.62 bits per heavy atom. The van der Waals surface area contributed by atoms with Crippen molar-refractivity contribution in [2.45, 2.75) is 36.8 Å². The van der Waals surface area contributed by atoms with E-state index < -0.39 is 16.1 Å². The Bertz CT molecular complexity index is 683. The van der Waals surface area contributed by atoms with Gasteiger partial charge in [-0.25, -0.2) is 8.42 Å². The second kappa shape index (κ2) is 7.18. The van der Waals surface area contributed by atoms with Crippen LogP contribution >= 0.6 is 0 Å². The van der Waals surface area contributed by atoms with Crippen LogP contribution in [0.3, 0.4) is 0 Å². The van der Waals surface area contributed by atoms with E-state index in [4.69, 9.17) is 9.47 Å². The van der Waals surface area contributed by atoms with Crippen molar-refractivity contribution in [3.05, 3.63) is 24.3 Å². The van der Waals surface area contributed by atoms with Crippen LogP contribution in [0.5, 0.6) is 0 Å². The molecule has 2 heterocycles. The molecule has 8 heteroatoms. The first kappa shape index (κ1) is 17.3. The maximum absolute atomic E-state index is 12.7. The predicted octanol–water partition coefficient (Wildman–Crippen LogP) is 1.21. The number of amides is 1. The van der Waals surface area contributed by atoms with Crippen LogP contribution in [-0.4, -0.2) is 57.1 Å². The lowest BCUT2D eigenvalue weighted by Gasteiger charge is -2.32. The van der Waals surface area contributed by atoms with E-state index >= 15 is 0 Å². The molecule has 0 saturated carbocycles. The first-order chi connectivity index (χ1) is 11.5. The van der Waals surface area contributed by atoms with Crippen molar-refractivity contribution in [3.63, 3.8) is 0 Å². The Morgan fingerprint density at radius 2 is 2.00 bits per heavy atom. The van der Waals surface area contributed by atoms with E-state index in [0.29, 0.717) is 38.5 Å². The maximum Gasteiger partial charge on any atom is 0.253 e. The Hall–Kier alpha value is -1.48. The molecule has 2 aliphatic heterocycles. The summed E-state index contributed by atoms with van der Waals surface area (Å²) in [7, 11) is -3.56. The molecular weight excluding hydrogens is 332 g/mol. The van der Waals surface area contributed by atoms with Crippen molar-refractivity contribution >= 4 is 21.6 Å². The minimum absolute atomic E-state index is 0.190. The van der Waals surface area contributed by atoms with Gasteiger partial charge in [-0.3, -0.25) is 4.79 Å². The van der Waals surface area contributed by atoms with Gasteiger partial charge >= 0.3 is 0 Å². The molecule has 3 rings (SSSR count). The lowest BCUT2D eigenvalue weighted by atomic mass is 10.2. The van der Waals surface area contributed by atoms with E-state index in [0.717, 1.165) is 6.42 Å². The van der Waals surface area contributed by atoms with Crippen molar-refractivity contribution in [3.8, 4) is 0 Å². The smallest absolute Gasteiger partial charge is 0.253 e. The highest BCUT2D eigenvalue weighted by Crippen LogP contribution is 2.22. The third kappa shape index (κ3) is 3.61. The standard InChI is InChI=1S/C16H22N2O5S/c1-12-11-22-10-8-18(12)24(20,21)14-6-4-13(5-7-14)17-16(19)15-3-2-9-23-15/h4-7,12,15H,2-3,8-11H2,1H3,(H,17,19). The number of benzene rings is 1. The molecule has 2 saturated heterocycles. The maximum atomic E-state index is 12.7. The van der Waals surface area contributed by atoms with E-state index in [9.17, 15) is 13.2 Å². The van der Waals surface area contributed by atoms with Crippen molar-refractivity contribution in [1.82, 2.24) is 4.31 Å². The van der Waals surface area contributed by atoms with Crippen LogP contribution in [0.2, 0.25) is 0 Å². The van der Waals surface area contributed by atoms with Gasteiger partial charge in [-0.05, 0) is 44.0 Å². The van der Waals surface area contributed by atoms with Crippen molar-refractivity contribution < 1.29 is 22.7 Å². The number of nitrogens with one attached hydrogen (secondary N) is 1. The summed E-state index contributed by atoms with van der Waals surface area (Å²) in [6, 6.07) is 6.05. The first-order valence-corrected chi connectivity index (χ1v) is 9.54. The minimum atomic E-state index is -3.56. The van der Waals surface area contributed by atoms with Crippen LogP contribution in [0.15, 0.2) is 29.2 Å². The Balaban J connectivity index is 1.70. The summed E-state index contributed by atoms with van der Waals surface area (Å²) in [6.07, 6.45) is 1.18. The molecule has 132 valence electrons. The molecule has 2 unspecified atom stereocenters. The number of ether oxygens (including phenoxy) is 2. The zero-order valence-electron chi connectivity index (χ0n) is 13.6. The van der Waals surface area contributed by atoms with Crippen molar-refractivity contribution in [1.29, 1.82) is 0 Å². The Kier molecular flexibility index (Phi) is 5.19. The molecule has 0 spiro atoms. The summed E-state index contributed by atoms with van der Waals surface area (Å²) in [5.41, 5.74) is 0.560. The van der Waals surface area contributed by atoms with Gasteiger partial charge in [0.25, 0.3) is 5.91 Å². The number of sulfonamides is 1. The van der Waals surface area contributed by atoms with Gasteiger partial charge in [0.1, 0.15) is 6.10 Å². The van der Waals surface area contributed by atoms with Crippen LogP contribution < -0.4 is 5.32 Å². The number of carbonyl (C=O) groups excluding carboxylic acids is 1. The quantitative estimate of drug-likeness (QED) is 0.879. The van der Waals surface area contributed by atoms with Crippen LogP contribution in [0.4, 0.5) is 5.69 Å². The molecule has 0 bridgehead atoms. The summed E-state index contributed by atoms with van der Waals surface area (Å²) in [4.78, 5) is 12.2. The van der Waals surface area contributed by atoms with Gasteiger partial charge in [0, 0.05) is 24.9 Å². The summed E-state index contributed by atoms with van der Waals surface area (Å²) in [5.74, 6) is -0.190. The Labute approximate surface area is 142 Å². The highest BCUT2D eigenvalue weighted by Gasteiger charge is 2.31. The molecule has 1 N–H and O–H groups in total. The molecule has 1 aromatic carbocycles. The molecule has 0 aromatic heterocycles. The molecule has 2 aliphatic rings. The summed E-state index contributed by atoms with van der Waals surface area (Å²) < 4.78 is 37.5. The van der Waals surface area contributed by atoms with Crippen LogP contribution in [0, 0.1) is 0 Å². The fourth-order valence-electron chi connectivity index (χ4n) is 2.92. The van der Waals surface area contributed by atoms with E-state index in [1.807, 2.05) is 6.92 Å². The monoisotopic (exact) mass is 354 g/mol. The lowest BCUT2D eigenvalue weighted by Crippen LogP contribution is -2.46. The van der Waals surface area contributed by atoms with Gasteiger partial charge in [0.2, 0.25) is 10.0 Å². The van der Waals surface area contributed by atoms with Crippen LogP contribution in [-0.2, 0) is 24.3 Å². The van der Waals surface area contributed by atoms with E-state index in [2.05, 4.69) is 5.32 Å². The molecular formula is C16H22N2O5S. The molecule has 7 nitrogen and oxygen atoms in total. The number of hydrogen-bond donors (Lipinski definition) is 1. The van der Waals surface area contributed by atoms with Gasteiger partial charge in [-0.1, -0.05) is 0 Å². The lowest BCUT2D eigenvalue weighted by molar-refractivity contribution is -0.124. The van der Waals surface area contributed by atoms with Gasteiger partial charge in [0.05, 0.1) is 18.1 Å². The number of hydrogen-bond acceptors (Lipinski definition) is 5. The number of anilines is 1. The van der Waals surface area contributed by atoms with Gasteiger partial charge in [-0.2, -0.15) is 4.31 Å². The molecule has 1 amide bonds.